The Morgan fingerprint density at radius 1 is 1.00 bits per heavy atom. The molecule has 0 amide bonds. The van der Waals surface area contributed by atoms with Gasteiger partial charge in [-0.1, -0.05) is 48.5 Å². The lowest BCUT2D eigenvalue weighted by molar-refractivity contribution is 0.348. The lowest BCUT2D eigenvalue weighted by Crippen LogP contribution is -1.93. The number of imidazole rings is 1. The van der Waals surface area contributed by atoms with Crippen LogP contribution in [-0.2, 0) is 0 Å². The van der Waals surface area contributed by atoms with Gasteiger partial charge in [0.1, 0.15) is 12.3 Å². The van der Waals surface area contributed by atoms with Gasteiger partial charge in [-0.3, -0.25) is 5.10 Å². The fraction of sp³-hybridized carbons (Fsp3) is 0.0526. The number of rotatable bonds is 5. The summed E-state index contributed by atoms with van der Waals surface area (Å²) in [6.07, 6.45) is 3.98. The summed E-state index contributed by atoms with van der Waals surface area (Å²) in [5.74, 6) is 1.29. The minimum absolute atomic E-state index is 0.458. The van der Waals surface area contributed by atoms with E-state index in [4.69, 9.17) is 4.74 Å². The van der Waals surface area contributed by atoms with Gasteiger partial charge >= 0.3 is 0 Å². The van der Waals surface area contributed by atoms with Crippen LogP contribution in [0.5, 0.6) is 5.88 Å². The molecule has 0 bridgehead atoms. The Balaban J connectivity index is 1.42. The van der Waals surface area contributed by atoms with Crippen molar-refractivity contribution in [3.63, 3.8) is 0 Å². The molecule has 0 aliphatic heterocycles. The van der Waals surface area contributed by atoms with E-state index >= 15 is 0 Å². The Morgan fingerprint density at radius 2 is 1.83 bits per heavy atom. The van der Waals surface area contributed by atoms with Crippen molar-refractivity contribution in [3.05, 3.63) is 72.3 Å². The number of nitrogens with one attached hydrogen (secondary N) is 2. The molecule has 0 spiro atoms. The number of fused-ring (bicyclic) bond motifs is 1. The molecule has 5 heteroatoms. The Kier molecular flexibility index (Phi) is 3.81. The topological polar surface area (TPSA) is 66.6 Å². The molecule has 118 valence electrons. The molecule has 24 heavy (non-hydrogen) atoms. The molecule has 0 radical (unpaired) electrons. The van der Waals surface area contributed by atoms with Crippen LogP contribution in [0.25, 0.3) is 28.6 Å². The van der Waals surface area contributed by atoms with Crippen LogP contribution >= 0.6 is 0 Å². The van der Waals surface area contributed by atoms with Gasteiger partial charge in [-0.2, -0.15) is 0 Å². The van der Waals surface area contributed by atoms with Gasteiger partial charge < -0.3 is 9.72 Å². The van der Waals surface area contributed by atoms with E-state index in [1.807, 2.05) is 72.8 Å². The summed E-state index contributed by atoms with van der Waals surface area (Å²) < 4.78 is 5.63. The fourth-order valence-corrected chi connectivity index (χ4v) is 2.46. The minimum Gasteiger partial charge on any atom is -0.472 e. The molecule has 0 saturated carbocycles. The summed E-state index contributed by atoms with van der Waals surface area (Å²) in [5, 5.41) is 7.11. The second-order valence-electron chi connectivity index (χ2n) is 5.35. The van der Waals surface area contributed by atoms with Crippen LogP contribution < -0.4 is 4.74 Å². The van der Waals surface area contributed by atoms with Gasteiger partial charge in [0.05, 0.1) is 11.0 Å². The normalized spacial score (nSPS) is 11.3. The zero-order valence-corrected chi connectivity index (χ0v) is 12.9. The van der Waals surface area contributed by atoms with Gasteiger partial charge in [-0.15, -0.1) is 5.10 Å². The first-order valence-electron chi connectivity index (χ1n) is 7.73. The van der Waals surface area contributed by atoms with Crippen molar-refractivity contribution in [1.29, 1.82) is 0 Å². The SMILES string of the molecule is C(=Cc1ccccc1)COc1cc(-c2nc3ccccc3[nH]2)[nH]n1. The number of benzene rings is 2. The van der Waals surface area contributed by atoms with E-state index in [-0.39, 0.29) is 0 Å². The van der Waals surface area contributed by atoms with Gasteiger partial charge in [-0.05, 0) is 23.8 Å². The third-order valence-electron chi connectivity index (χ3n) is 3.64. The second kappa shape index (κ2) is 6.42. The predicted molar refractivity (Wildman–Crippen MR) is 94.6 cm³/mol. The van der Waals surface area contributed by atoms with E-state index in [1.165, 1.54) is 0 Å². The third-order valence-corrected chi connectivity index (χ3v) is 3.64. The van der Waals surface area contributed by atoms with Gasteiger partial charge in [0.25, 0.3) is 0 Å². The molecule has 0 unspecified atom stereocenters. The zero-order chi connectivity index (χ0) is 16.2. The maximum Gasteiger partial charge on any atom is 0.233 e. The third kappa shape index (κ3) is 3.05. The molecule has 0 aliphatic rings. The molecule has 5 nitrogen and oxygen atoms in total. The number of H-pyrrole nitrogens is 2. The minimum atomic E-state index is 0.458. The number of hydrogen-bond acceptors (Lipinski definition) is 3. The first-order valence-corrected chi connectivity index (χ1v) is 7.73. The molecule has 2 aromatic heterocycles. The average Bonchev–Trinajstić information content (AvgIpc) is 3.26. The van der Waals surface area contributed by atoms with Crippen molar-refractivity contribution in [1.82, 2.24) is 20.2 Å². The van der Waals surface area contributed by atoms with Crippen LogP contribution in [-0.4, -0.2) is 26.8 Å². The first-order chi connectivity index (χ1) is 11.9. The van der Waals surface area contributed by atoms with Gasteiger partial charge in [-0.25, -0.2) is 4.98 Å². The van der Waals surface area contributed by atoms with Crippen molar-refractivity contribution in [2.24, 2.45) is 0 Å². The van der Waals surface area contributed by atoms with Crippen LogP contribution in [0.4, 0.5) is 0 Å². The molecule has 4 aromatic rings. The molecule has 2 N–H and O–H groups in total. The number of aromatic nitrogens is 4. The second-order valence-corrected chi connectivity index (χ2v) is 5.35. The van der Waals surface area contributed by atoms with Crippen LogP contribution in [0.2, 0.25) is 0 Å². The first kappa shape index (κ1) is 14.3. The quantitative estimate of drug-likeness (QED) is 0.584. The summed E-state index contributed by atoms with van der Waals surface area (Å²) >= 11 is 0. The summed E-state index contributed by atoms with van der Waals surface area (Å²) in [6, 6.07) is 19.9. The molecular weight excluding hydrogens is 300 g/mol. The number of ether oxygens (including phenoxy) is 1. The zero-order valence-electron chi connectivity index (χ0n) is 12.9. The molecule has 0 aliphatic carbocycles. The lowest BCUT2D eigenvalue weighted by atomic mass is 10.2. The van der Waals surface area contributed by atoms with Gasteiger partial charge in [0.2, 0.25) is 5.88 Å². The molecule has 2 heterocycles. The summed E-state index contributed by atoms with van der Waals surface area (Å²) in [4.78, 5) is 7.80. The van der Waals surface area contributed by atoms with E-state index in [2.05, 4.69) is 20.2 Å². The van der Waals surface area contributed by atoms with Crippen molar-refractivity contribution in [2.75, 3.05) is 6.61 Å². The van der Waals surface area contributed by atoms with E-state index in [0.717, 1.165) is 28.1 Å². The smallest absolute Gasteiger partial charge is 0.233 e. The fourth-order valence-electron chi connectivity index (χ4n) is 2.46. The highest BCUT2D eigenvalue weighted by Crippen LogP contribution is 2.21. The molecule has 0 atom stereocenters. The average molecular weight is 316 g/mol. The number of nitrogens with zero attached hydrogens (tertiary/aromatic N) is 2. The maximum atomic E-state index is 5.63. The van der Waals surface area contributed by atoms with Crippen LogP contribution in [0.3, 0.4) is 0 Å². The summed E-state index contributed by atoms with van der Waals surface area (Å²) in [6.45, 7) is 0.458. The molecular formula is C19H16N4O. The van der Waals surface area contributed by atoms with E-state index < -0.39 is 0 Å². The van der Waals surface area contributed by atoms with Crippen molar-refractivity contribution >= 4 is 17.1 Å². The highest BCUT2D eigenvalue weighted by Gasteiger charge is 2.08. The van der Waals surface area contributed by atoms with Crippen LogP contribution in [0, 0.1) is 0 Å². The molecule has 2 aromatic carbocycles. The Labute approximate surface area is 139 Å². The predicted octanol–water partition coefficient (Wildman–Crippen LogP) is 4.05. The highest BCUT2D eigenvalue weighted by molar-refractivity contribution is 5.78. The molecule has 0 saturated heterocycles. The molecule has 4 rings (SSSR count). The lowest BCUT2D eigenvalue weighted by Gasteiger charge is -1.96. The maximum absolute atomic E-state index is 5.63. The Hall–Kier alpha value is -3.34. The number of para-hydroxylation sites is 2. The standard InChI is InChI=1S/C19H16N4O/c1-2-7-14(8-3-1)9-6-12-24-18-13-17(22-23-18)19-20-15-10-4-5-11-16(15)21-19/h1-11,13H,12H2,(H,20,21)(H,22,23). The summed E-state index contributed by atoms with van der Waals surface area (Å²) in [7, 11) is 0. The van der Waals surface area contributed by atoms with Crippen molar-refractivity contribution < 1.29 is 4.74 Å². The monoisotopic (exact) mass is 316 g/mol. The number of hydrogen-bond donors (Lipinski definition) is 2. The summed E-state index contributed by atoms with van der Waals surface area (Å²) in [5.41, 5.74) is 3.87. The Morgan fingerprint density at radius 3 is 2.71 bits per heavy atom. The number of aromatic amines is 2. The van der Waals surface area contributed by atoms with E-state index in [0.29, 0.717) is 12.5 Å². The van der Waals surface area contributed by atoms with Crippen LogP contribution in [0.1, 0.15) is 5.56 Å². The highest BCUT2D eigenvalue weighted by atomic mass is 16.5. The van der Waals surface area contributed by atoms with E-state index in [9.17, 15) is 0 Å². The Bertz CT molecular complexity index is 936. The largest absolute Gasteiger partial charge is 0.472 e. The van der Waals surface area contributed by atoms with E-state index in [1.54, 1.807) is 0 Å². The van der Waals surface area contributed by atoms with Gasteiger partial charge in [0, 0.05) is 6.07 Å². The van der Waals surface area contributed by atoms with Crippen molar-refractivity contribution in [2.45, 2.75) is 0 Å². The van der Waals surface area contributed by atoms with Crippen LogP contribution in [0.15, 0.2) is 66.7 Å². The van der Waals surface area contributed by atoms with Gasteiger partial charge in [0.15, 0.2) is 5.82 Å². The molecule has 0 fully saturated rings. The van der Waals surface area contributed by atoms with Crippen molar-refractivity contribution in [3.8, 4) is 17.4 Å².